The molecule has 3 heterocycles. The smallest absolute Gasteiger partial charge is 0.315 e. The first kappa shape index (κ1) is 33.2. The molecule has 0 amide bonds. The quantitative estimate of drug-likeness (QED) is 0.218. The van der Waals surface area contributed by atoms with Gasteiger partial charge in [-0.25, -0.2) is 0 Å². The third-order valence-corrected chi connectivity index (χ3v) is 14.8. The number of likely N-dealkylation sites (tertiary alicyclic amines) is 1. The maximum atomic E-state index is 14.1. The van der Waals surface area contributed by atoms with Crippen LogP contribution in [0.5, 0.6) is 0 Å². The Hall–Kier alpha value is -1.28. The molecular weight excluding hydrogens is 576 g/mol. The maximum absolute atomic E-state index is 14.1. The van der Waals surface area contributed by atoms with E-state index >= 15 is 0 Å². The number of carboxylic acid groups (broad SMARTS) is 1. The van der Waals surface area contributed by atoms with Crippen molar-refractivity contribution in [2.75, 3.05) is 32.7 Å². The fourth-order valence-corrected chi connectivity index (χ4v) is 13.2. The molecule has 0 aromatic carbocycles. The number of rotatable bonds is 10. The van der Waals surface area contributed by atoms with Crippen LogP contribution in [0.15, 0.2) is 11.6 Å². The van der Waals surface area contributed by atoms with Gasteiger partial charge in [0.15, 0.2) is 0 Å². The molecule has 4 bridgehead atoms. The Labute approximate surface area is 278 Å². The summed E-state index contributed by atoms with van der Waals surface area (Å²) in [4.78, 5) is 33.0. The van der Waals surface area contributed by atoms with E-state index in [9.17, 15) is 14.7 Å². The van der Waals surface area contributed by atoms with Crippen molar-refractivity contribution in [2.24, 2.45) is 51.8 Å². The molecule has 12 atom stereocenters. The van der Waals surface area contributed by atoms with Gasteiger partial charge in [0, 0.05) is 31.1 Å². The predicted octanol–water partition coefficient (Wildman–Crippen LogP) is 6.45. The largest absolute Gasteiger partial charge is 0.481 e. The van der Waals surface area contributed by atoms with Gasteiger partial charge in [0.1, 0.15) is 11.7 Å². The maximum Gasteiger partial charge on any atom is 0.315 e. The highest BCUT2D eigenvalue weighted by atomic mass is 16.5. The number of carboxylic acids is 1. The normalized spacial score (nSPS) is 47.8. The summed E-state index contributed by atoms with van der Waals surface area (Å²) in [5.41, 5.74) is -1.46. The summed E-state index contributed by atoms with van der Waals surface area (Å²) in [5, 5.41) is 11.5. The van der Waals surface area contributed by atoms with E-state index in [0.717, 1.165) is 76.8 Å². The molecule has 4 aliphatic carbocycles. The molecule has 46 heavy (non-hydrogen) atoms. The number of piperidine rings is 1. The predicted molar refractivity (Wildman–Crippen MR) is 179 cm³/mol. The first-order chi connectivity index (χ1) is 22.0. The van der Waals surface area contributed by atoms with Crippen LogP contribution in [0, 0.1) is 51.8 Å². The highest BCUT2D eigenvalue weighted by molar-refractivity contribution is 5.90. The Morgan fingerprint density at radius 1 is 1.07 bits per heavy atom. The van der Waals surface area contributed by atoms with Gasteiger partial charge in [-0.05, 0) is 107 Å². The van der Waals surface area contributed by atoms with E-state index in [1.54, 1.807) is 0 Å². The molecule has 9 unspecified atom stereocenters. The third kappa shape index (κ3) is 4.63. The first-order valence-electron chi connectivity index (χ1n) is 19.2. The molecule has 7 nitrogen and oxygen atoms in total. The van der Waals surface area contributed by atoms with Gasteiger partial charge < -0.3 is 24.3 Å². The molecule has 7 rings (SSSR count). The van der Waals surface area contributed by atoms with Crippen LogP contribution in [0.1, 0.15) is 106 Å². The van der Waals surface area contributed by atoms with E-state index in [2.05, 4.69) is 57.4 Å². The Balaban J connectivity index is 1.16. The van der Waals surface area contributed by atoms with E-state index in [-0.39, 0.29) is 30.0 Å². The zero-order valence-corrected chi connectivity index (χ0v) is 29.6. The van der Waals surface area contributed by atoms with Gasteiger partial charge in [-0.2, -0.15) is 0 Å². The average Bonchev–Trinajstić information content (AvgIpc) is 3.73. The second-order valence-electron chi connectivity index (χ2n) is 17.4. The van der Waals surface area contributed by atoms with Crippen molar-refractivity contribution in [2.45, 2.75) is 136 Å². The number of hydrogen-bond acceptors (Lipinski definition) is 6. The highest BCUT2D eigenvalue weighted by Gasteiger charge is 2.86. The number of hydrogen-bond donors (Lipinski definition) is 1. The molecule has 3 saturated carbocycles. The summed E-state index contributed by atoms with van der Waals surface area (Å²) in [6.07, 6.45) is 14.6. The van der Waals surface area contributed by atoms with Gasteiger partial charge in [-0.15, -0.1) is 0 Å². The van der Waals surface area contributed by atoms with Crippen molar-refractivity contribution in [3.8, 4) is 0 Å². The Kier molecular flexibility index (Phi) is 8.85. The van der Waals surface area contributed by atoms with Crippen molar-refractivity contribution in [3.63, 3.8) is 0 Å². The minimum atomic E-state index is -1.15. The molecule has 0 spiro atoms. The molecule has 258 valence electrons. The minimum absolute atomic E-state index is 0.0994. The van der Waals surface area contributed by atoms with Gasteiger partial charge in [-0.1, -0.05) is 58.6 Å². The van der Waals surface area contributed by atoms with Crippen LogP contribution < -0.4 is 0 Å². The van der Waals surface area contributed by atoms with Crippen LogP contribution in [0.3, 0.4) is 0 Å². The van der Waals surface area contributed by atoms with Crippen molar-refractivity contribution >= 4 is 12.3 Å². The number of unbranched alkanes of at least 4 members (excludes halogenated alkanes) is 1. The second-order valence-corrected chi connectivity index (χ2v) is 17.4. The Morgan fingerprint density at radius 3 is 2.41 bits per heavy atom. The molecule has 6 fully saturated rings. The number of morpholine rings is 1. The summed E-state index contributed by atoms with van der Waals surface area (Å²) < 4.78 is 13.4. The minimum Gasteiger partial charge on any atom is -0.481 e. The van der Waals surface area contributed by atoms with Crippen molar-refractivity contribution in [1.29, 1.82) is 0 Å². The van der Waals surface area contributed by atoms with Crippen LogP contribution in [0.4, 0.5) is 0 Å². The number of ether oxygens (including phenoxy) is 2. The van der Waals surface area contributed by atoms with Crippen LogP contribution in [0.2, 0.25) is 0 Å². The zero-order chi connectivity index (χ0) is 32.6. The molecule has 0 radical (unpaired) electrons. The summed E-state index contributed by atoms with van der Waals surface area (Å²) >= 11 is 0. The van der Waals surface area contributed by atoms with Gasteiger partial charge >= 0.3 is 5.97 Å². The van der Waals surface area contributed by atoms with Crippen molar-refractivity contribution in [3.05, 3.63) is 11.6 Å². The molecule has 0 aromatic rings. The Morgan fingerprint density at radius 2 is 1.78 bits per heavy atom. The van der Waals surface area contributed by atoms with Crippen LogP contribution in [-0.2, 0) is 19.1 Å². The molecule has 0 aromatic heterocycles. The molecule has 3 aliphatic heterocycles. The van der Waals surface area contributed by atoms with Crippen LogP contribution >= 0.6 is 0 Å². The molecule has 3 saturated heterocycles. The van der Waals surface area contributed by atoms with Crippen LogP contribution in [0.25, 0.3) is 0 Å². The standard InChI is InChI=1S/C39H62N2O5/c1-7-8-9-28-16-35(46-34(28)22-40-14-12-30(13-15-40)41-20-26(5)45-27(6)21-41)38-19-31-25(4)10-11-32(31)37(23-42)18-29(38)17-33(24(2)3)39(37,38)36(43)44/h17,23-32,34-35H,7-16,18-22H2,1-6H3,(H,43,44)/t25-,26?,27?,28?,29?,31-,32-,34?,35?,37?,38?,39?/m1/s1. The summed E-state index contributed by atoms with van der Waals surface area (Å²) in [6.45, 7) is 18.5. The average molecular weight is 639 g/mol. The van der Waals surface area contributed by atoms with E-state index in [1.807, 2.05) is 0 Å². The first-order valence-corrected chi connectivity index (χ1v) is 19.2. The van der Waals surface area contributed by atoms with Gasteiger partial charge in [0.05, 0.1) is 29.8 Å². The lowest BCUT2D eigenvalue weighted by molar-refractivity contribution is -0.197. The van der Waals surface area contributed by atoms with Gasteiger partial charge in [0.2, 0.25) is 0 Å². The van der Waals surface area contributed by atoms with Gasteiger partial charge in [-0.3, -0.25) is 9.69 Å². The SMILES string of the molecule is CCCCC1CC(C23C[C@@H]4[C@H](C)CC[C@H]4C4(C=O)CC2C=C(C(C)C)C34C(=O)O)OC1CN1CCC(N2CC(C)OC(C)C2)CC1. The number of carbonyl (C=O) groups excluding carboxylic acids is 1. The van der Waals surface area contributed by atoms with E-state index in [0.29, 0.717) is 42.4 Å². The van der Waals surface area contributed by atoms with Gasteiger partial charge in [0.25, 0.3) is 0 Å². The number of allylic oxidation sites excluding steroid dienone is 1. The van der Waals surface area contributed by atoms with Crippen LogP contribution in [-0.4, -0.2) is 90.3 Å². The zero-order valence-electron chi connectivity index (χ0n) is 29.6. The number of nitrogens with zero attached hydrogens (tertiary/aromatic N) is 2. The van der Waals surface area contributed by atoms with Crippen molar-refractivity contribution < 1.29 is 24.2 Å². The van der Waals surface area contributed by atoms with E-state index in [4.69, 9.17) is 9.47 Å². The molecule has 7 heteroatoms. The third-order valence-electron chi connectivity index (χ3n) is 14.8. The Bertz CT molecular complexity index is 1190. The second kappa shape index (κ2) is 12.2. The number of fused-ring (bicyclic) bond motifs is 2. The molecule has 7 aliphatic rings. The fourth-order valence-electron chi connectivity index (χ4n) is 13.2. The molecule has 1 N–H and O–H groups in total. The van der Waals surface area contributed by atoms with E-state index < -0.39 is 22.2 Å². The summed E-state index contributed by atoms with van der Waals surface area (Å²) in [6, 6.07) is 0.627. The highest BCUT2D eigenvalue weighted by Crippen LogP contribution is 2.84. The van der Waals surface area contributed by atoms with E-state index in [1.165, 1.54) is 25.5 Å². The lowest BCUT2D eigenvalue weighted by Gasteiger charge is -2.60. The van der Waals surface area contributed by atoms with Crippen molar-refractivity contribution in [1.82, 2.24) is 9.80 Å². The number of aldehydes is 1. The monoisotopic (exact) mass is 638 g/mol. The lowest BCUT2D eigenvalue weighted by atomic mass is 9.41. The lowest BCUT2D eigenvalue weighted by Crippen LogP contribution is -2.65. The number of aliphatic carboxylic acids is 1. The number of carbonyl (C=O) groups is 2. The molecular formula is C39H62N2O5. The summed E-state index contributed by atoms with van der Waals surface area (Å²) in [7, 11) is 0. The fraction of sp³-hybridized carbons (Fsp3) is 0.897. The topological polar surface area (TPSA) is 79.3 Å². The summed E-state index contributed by atoms with van der Waals surface area (Å²) in [5.74, 6) is 1.00.